The van der Waals surface area contributed by atoms with Gasteiger partial charge in [-0.05, 0) is 6.92 Å². The van der Waals surface area contributed by atoms with Crippen molar-refractivity contribution in [2.75, 3.05) is 19.0 Å². The van der Waals surface area contributed by atoms with Gasteiger partial charge >= 0.3 is 5.97 Å². The van der Waals surface area contributed by atoms with Crippen molar-refractivity contribution in [3.8, 4) is 0 Å². The number of nitrogens with zero attached hydrogens (tertiary/aromatic N) is 3. The number of nitrogens with one attached hydrogen (secondary N) is 1. The number of rotatable bonds is 6. The van der Waals surface area contributed by atoms with Gasteiger partial charge in [-0.25, -0.2) is 14.8 Å². The van der Waals surface area contributed by atoms with Gasteiger partial charge in [-0.3, -0.25) is 0 Å². The molecule has 0 spiro atoms. The summed E-state index contributed by atoms with van der Waals surface area (Å²) in [7, 11) is 3.92. The molecule has 0 amide bonds. The topological polar surface area (TPSA) is 78.4 Å². The smallest absolute Gasteiger partial charge is 0.355 e. The standard InChI is InChI=1S/C12H16N4O2S2/c1-7(10-15-9(6-19-10)11(17)18)13-4-8-5-14-12(20-8)16(2)3/h5-7,13H,4H2,1-3H3,(H,17,18). The molecule has 0 saturated heterocycles. The van der Waals surface area contributed by atoms with Gasteiger partial charge in [0.1, 0.15) is 5.01 Å². The quantitative estimate of drug-likeness (QED) is 0.851. The van der Waals surface area contributed by atoms with E-state index in [0.717, 1.165) is 15.0 Å². The molecular formula is C12H16N4O2S2. The number of anilines is 1. The highest BCUT2D eigenvalue weighted by Crippen LogP contribution is 2.22. The van der Waals surface area contributed by atoms with Crippen molar-refractivity contribution in [2.45, 2.75) is 19.5 Å². The van der Waals surface area contributed by atoms with Gasteiger partial charge in [-0.1, -0.05) is 0 Å². The molecule has 1 unspecified atom stereocenters. The van der Waals surface area contributed by atoms with E-state index in [-0.39, 0.29) is 11.7 Å². The van der Waals surface area contributed by atoms with E-state index in [9.17, 15) is 4.79 Å². The molecule has 0 aromatic carbocycles. The van der Waals surface area contributed by atoms with Crippen LogP contribution in [0.2, 0.25) is 0 Å². The lowest BCUT2D eigenvalue weighted by atomic mass is 10.3. The van der Waals surface area contributed by atoms with Crippen LogP contribution in [0.15, 0.2) is 11.6 Å². The van der Waals surface area contributed by atoms with Crippen molar-refractivity contribution in [1.82, 2.24) is 15.3 Å². The molecule has 2 aromatic rings. The SMILES string of the molecule is CC(NCc1cnc(N(C)C)s1)c1nc(C(=O)O)cs1. The lowest BCUT2D eigenvalue weighted by molar-refractivity contribution is 0.0691. The second-order valence-electron chi connectivity index (χ2n) is 4.48. The summed E-state index contributed by atoms with van der Waals surface area (Å²) in [5, 5.41) is 15.5. The van der Waals surface area contributed by atoms with Crippen LogP contribution in [0.25, 0.3) is 0 Å². The van der Waals surface area contributed by atoms with E-state index >= 15 is 0 Å². The lowest BCUT2D eigenvalue weighted by Gasteiger charge is -2.09. The number of aromatic nitrogens is 2. The molecule has 2 N–H and O–H groups in total. The summed E-state index contributed by atoms with van der Waals surface area (Å²) in [6.07, 6.45) is 1.85. The highest BCUT2D eigenvalue weighted by Gasteiger charge is 2.14. The molecule has 0 aliphatic rings. The van der Waals surface area contributed by atoms with E-state index in [2.05, 4.69) is 15.3 Å². The molecule has 8 heteroatoms. The molecule has 0 aliphatic carbocycles. The van der Waals surface area contributed by atoms with Crippen LogP contribution >= 0.6 is 22.7 Å². The number of thiazole rings is 2. The van der Waals surface area contributed by atoms with Crippen LogP contribution in [0.3, 0.4) is 0 Å². The molecule has 0 saturated carbocycles. The predicted molar refractivity (Wildman–Crippen MR) is 80.8 cm³/mol. The van der Waals surface area contributed by atoms with E-state index in [1.165, 1.54) is 11.3 Å². The molecule has 108 valence electrons. The fourth-order valence-electron chi connectivity index (χ4n) is 1.51. The Kier molecular flexibility index (Phi) is 4.69. The van der Waals surface area contributed by atoms with Crippen LogP contribution in [0, 0.1) is 0 Å². The van der Waals surface area contributed by atoms with Gasteiger partial charge in [0.05, 0.1) is 6.04 Å². The van der Waals surface area contributed by atoms with Crippen molar-refractivity contribution >= 4 is 33.8 Å². The van der Waals surface area contributed by atoms with Gasteiger partial charge in [0, 0.05) is 37.1 Å². The molecule has 0 radical (unpaired) electrons. The predicted octanol–water partition coefficient (Wildman–Crippen LogP) is 2.21. The third-order valence-corrected chi connectivity index (χ3v) is 4.81. The number of carbonyl (C=O) groups is 1. The first-order valence-corrected chi connectivity index (χ1v) is 7.71. The van der Waals surface area contributed by atoms with Crippen LogP contribution < -0.4 is 10.2 Å². The minimum absolute atomic E-state index is 0.0120. The van der Waals surface area contributed by atoms with E-state index < -0.39 is 5.97 Å². The summed E-state index contributed by atoms with van der Waals surface area (Å²) in [5.41, 5.74) is 0.103. The Labute approximate surface area is 125 Å². The van der Waals surface area contributed by atoms with E-state index in [1.807, 2.05) is 32.1 Å². The zero-order chi connectivity index (χ0) is 14.7. The monoisotopic (exact) mass is 312 g/mol. The molecule has 2 rings (SSSR count). The second-order valence-corrected chi connectivity index (χ2v) is 6.47. The van der Waals surface area contributed by atoms with Crippen molar-refractivity contribution in [1.29, 1.82) is 0 Å². The third-order valence-electron chi connectivity index (χ3n) is 2.62. The van der Waals surface area contributed by atoms with Gasteiger partial charge in [0.15, 0.2) is 10.8 Å². The van der Waals surface area contributed by atoms with Crippen LogP contribution in [0.1, 0.15) is 33.3 Å². The number of aromatic carboxylic acids is 1. The molecule has 2 aromatic heterocycles. The number of hydrogen-bond donors (Lipinski definition) is 2. The minimum Gasteiger partial charge on any atom is -0.476 e. The maximum absolute atomic E-state index is 10.8. The average molecular weight is 312 g/mol. The zero-order valence-corrected chi connectivity index (χ0v) is 13.1. The van der Waals surface area contributed by atoms with Crippen LogP contribution in [0.4, 0.5) is 5.13 Å². The maximum atomic E-state index is 10.8. The lowest BCUT2D eigenvalue weighted by Crippen LogP contribution is -2.17. The van der Waals surface area contributed by atoms with Crippen LogP contribution in [-0.2, 0) is 6.54 Å². The van der Waals surface area contributed by atoms with Gasteiger partial charge in [0.2, 0.25) is 0 Å². The van der Waals surface area contributed by atoms with Crippen molar-refractivity contribution < 1.29 is 9.90 Å². The first-order chi connectivity index (χ1) is 9.47. The highest BCUT2D eigenvalue weighted by atomic mass is 32.1. The molecule has 1 atom stereocenters. The highest BCUT2D eigenvalue weighted by molar-refractivity contribution is 7.15. The van der Waals surface area contributed by atoms with E-state index in [0.29, 0.717) is 6.54 Å². The summed E-state index contributed by atoms with van der Waals surface area (Å²) < 4.78 is 0. The second kappa shape index (κ2) is 6.29. The van der Waals surface area contributed by atoms with Gasteiger partial charge in [0.25, 0.3) is 0 Å². The molecule has 0 fully saturated rings. The van der Waals surface area contributed by atoms with Gasteiger partial charge in [-0.2, -0.15) is 0 Å². The summed E-state index contributed by atoms with van der Waals surface area (Å²) in [6.45, 7) is 2.66. The van der Waals surface area contributed by atoms with Gasteiger partial charge in [-0.15, -0.1) is 22.7 Å². The molecule has 20 heavy (non-hydrogen) atoms. The van der Waals surface area contributed by atoms with Crippen molar-refractivity contribution in [3.63, 3.8) is 0 Å². The number of carboxylic acid groups (broad SMARTS) is 1. The number of hydrogen-bond acceptors (Lipinski definition) is 7. The fourth-order valence-corrected chi connectivity index (χ4v) is 3.12. The Hall–Kier alpha value is -1.51. The molecule has 2 heterocycles. The van der Waals surface area contributed by atoms with Gasteiger partial charge < -0.3 is 15.3 Å². The normalized spacial score (nSPS) is 12.3. The third kappa shape index (κ3) is 3.53. The first kappa shape index (κ1) is 14.9. The summed E-state index contributed by atoms with van der Waals surface area (Å²) in [6, 6.07) is 0.0120. The zero-order valence-electron chi connectivity index (χ0n) is 11.5. The first-order valence-electron chi connectivity index (χ1n) is 6.01. The van der Waals surface area contributed by atoms with E-state index in [4.69, 9.17) is 5.11 Å². The molecule has 0 aliphatic heterocycles. The summed E-state index contributed by atoms with van der Waals surface area (Å²) in [5.74, 6) is -0.988. The van der Waals surface area contributed by atoms with Crippen molar-refractivity contribution in [3.05, 3.63) is 27.2 Å². The number of carboxylic acids is 1. The summed E-state index contributed by atoms with van der Waals surface area (Å²) >= 11 is 2.99. The molecule has 0 bridgehead atoms. The fraction of sp³-hybridized carbons (Fsp3) is 0.417. The Morgan fingerprint density at radius 3 is 2.85 bits per heavy atom. The maximum Gasteiger partial charge on any atom is 0.355 e. The summed E-state index contributed by atoms with van der Waals surface area (Å²) in [4.78, 5) is 22.3. The minimum atomic E-state index is -0.988. The average Bonchev–Trinajstić information content (AvgIpc) is 3.05. The van der Waals surface area contributed by atoms with Crippen LogP contribution in [0.5, 0.6) is 0 Å². The van der Waals surface area contributed by atoms with Crippen LogP contribution in [-0.4, -0.2) is 35.1 Å². The van der Waals surface area contributed by atoms with E-state index in [1.54, 1.807) is 16.7 Å². The molecular weight excluding hydrogens is 296 g/mol. The van der Waals surface area contributed by atoms with Crippen molar-refractivity contribution in [2.24, 2.45) is 0 Å². The Bertz CT molecular complexity index is 594. The Balaban J connectivity index is 1.93. The largest absolute Gasteiger partial charge is 0.476 e. The molecule has 6 nitrogen and oxygen atoms in total. The Morgan fingerprint density at radius 1 is 1.55 bits per heavy atom. The Morgan fingerprint density at radius 2 is 2.30 bits per heavy atom.